The Hall–Kier alpha value is -0.770. The molecule has 4 heteroatoms. The SMILES string of the molecule is CCNC(=NCCN1CCCCC1)NC(C)CC. The molecule has 0 aromatic rings. The van der Waals surface area contributed by atoms with E-state index in [9.17, 15) is 0 Å². The molecule has 0 aromatic heterocycles. The first-order valence-corrected chi connectivity index (χ1v) is 7.53. The summed E-state index contributed by atoms with van der Waals surface area (Å²) in [6.07, 6.45) is 5.23. The number of aliphatic imine (C=N–C) groups is 1. The highest BCUT2D eigenvalue weighted by Gasteiger charge is 2.09. The highest BCUT2D eigenvalue weighted by molar-refractivity contribution is 5.80. The Balaban J connectivity index is 2.29. The summed E-state index contributed by atoms with van der Waals surface area (Å²) in [6, 6.07) is 0.484. The standard InChI is InChI=1S/C14H30N4/c1-4-13(3)17-14(15-5-2)16-9-12-18-10-7-6-8-11-18/h13H,4-12H2,1-3H3,(H2,15,16,17). The Morgan fingerprint density at radius 1 is 1.22 bits per heavy atom. The minimum Gasteiger partial charge on any atom is -0.357 e. The molecule has 1 unspecified atom stereocenters. The van der Waals surface area contributed by atoms with Crippen LogP contribution in [-0.4, -0.2) is 49.6 Å². The van der Waals surface area contributed by atoms with E-state index in [1.807, 2.05) is 0 Å². The quantitative estimate of drug-likeness (QED) is 0.561. The fourth-order valence-corrected chi connectivity index (χ4v) is 2.14. The van der Waals surface area contributed by atoms with Crippen LogP contribution in [0.4, 0.5) is 0 Å². The predicted octanol–water partition coefficient (Wildman–Crippen LogP) is 1.83. The molecule has 2 N–H and O–H groups in total. The Bertz CT molecular complexity index is 234. The summed E-state index contributed by atoms with van der Waals surface area (Å²) < 4.78 is 0. The van der Waals surface area contributed by atoms with Crippen LogP contribution in [-0.2, 0) is 0 Å². The molecule has 18 heavy (non-hydrogen) atoms. The maximum absolute atomic E-state index is 4.65. The average Bonchev–Trinajstić information content (AvgIpc) is 2.40. The highest BCUT2D eigenvalue weighted by Crippen LogP contribution is 2.07. The number of piperidine rings is 1. The second-order valence-corrected chi connectivity index (χ2v) is 5.12. The number of rotatable bonds is 6. The molecule has 106 valence electrons. The molecule has 1 saturated heterocycles. The van der Waals surface area contributed by atoms with Gasteiger partial charge in [-0.15, -0.1) is 0 Å². The predicted molar refractivity (Wildman–Crippen MR) is 79.2 cm³/mol. The van der Waals surface area contributed by atoms with Crippen molar-refractivity contribution >= 4 is 5.96 Å². The molecule has 1 heterocycles. The number of guanidine groups is 1. The third kappa shape index (κ3) is 6.24. The van der Waals surface area contributed by atoms with Crippen molar-refractivity contribution in [1.82, 2.24) is 15.5 Å². The molecular formula is C14H30N4. The summed E-state index contributed by atoms with van der Waals surface area (Å²) in [5, 5.41) is 6.73. The number of nitrogens with zero attached hydrogens (tertiary/aromatic N) is 2. The summed E-state index contributed by atoms with van der Waals surface area (Å²) in [4.78, 5) is 7.18. The van der Waals surface area contributed by atoms with Crippen molar-refractivity contribution in [3.05, 3.63) is 0 Å². The van der Waals surface area contributed by atoms with Gasteiger partial charge in [-0.25, -0.2) is 0 Å². The molecule has 4 nitrogen and oxygen atoms in total. The second-order valence-electron chi connectivity index (χ2n) is 5.12. The van der Waals surface area contributed by atoms with Crippen LogP contribution in [0.25, 0.3) is 0 Å². The lowest BCUT2D eigenvalue weighted by molar-refractivity contribution is 0.235. The van der Waals surface area contributed by atoms with Gasteiger partial charge < -0.3 is 15.5 Å². The molecule has 1 aliphatic heterocycles. The van der Waals surface area contributed by atoms with Gasteiger partial charge in [0.25, 0.3) is 0 Å². The van der Waals surface area contributed by atoms with Crippen molar-refractivity contribution in [3.8, 4) is 0 Å². The first-order valence-electron chi connectivity index (χ1n) is 7.53. The molecule has 1 fully saturated rings. The summed E-state index contributed by atoms with van der Waals surface area (Å²) in [5.41, 5.74) is 0. The molecular weight excluding hydrogens is 224 g/mol. The number of hydrogen-bond acceptors (Lipinski definition) is 2. The topological polar surface area (TPSA) is 39.7 Å². The van der Waals surface area contributed by atoms with E-state index in [0.717, 1.165) is 32.0 Å². The molecule has 0 radical (unpaired) electrons. The Morgan fingerprint density at radius 2 is 1.94 bits per heavy atom. The number of likely N-dealkylation sites (tertiary alicyclic amines) is 1. The monoisotopic (exact) mass is 254 g/mol. The molecule has 1 aliphatic rings. The Morgan fingerprint density at radius 3 is 2.56 bits per heavy atom. The van der Waals surface area contributed by atoms with Crippen molar-refractivity contribution in [2.75, 3.05) is 32.7 Å². The third-order valence-electron chi connectivity index (χ3n) is 3.47. The zero-order valence-corrected chi connectivity index (χ0v) is 12.3. The van der Waals surface area contributed by atoms with Gasteiger partial charge in [-0.1, -0.05) is 13.3 Å². The minimum atomic E-state index is 0.484. The van der Waals surface area contributed by atoms with Gasteiger partial charge in [-0.2, -0.15) is 0 Å². The zero-order chi connectivity index (χ0) is 13.2. The lowest BCUT2D eigenvalue weighted by atomic mass is 10.1. The van der Waals surface area contributed by atoms with Crippen LogP contribution in [0.3, 0.4) is 0 Å². The molecule has 0 amide bonds. The van der Waals surface area contributed by atoms with Crippen LogP contribution in [0.1, 0.15) is 46.5 Å². The van der Waals surface area contributed by atoms with E-state index in [1.54, 1.807) is 0 Å². The zero-order valence-electron chi connectivity index (χ0n) is 12.3. The van der Waals surface area contributed by atoms with Crippen molar-refractivity contribution < 1.29 is 0 Å². The summed E-state index contributed by atoms with van der Waals surface area (Å²) >= 11 is 0. The molecule has 0 bridgehead atoms. The van der Waals surface area contributed by atoms with Crippen molar-refractivity contribution in [3.63, 3.8) is 0 Å². The second kappa shape index (κ2) is 9.20. The maximum Gasteiger partial charge on any atom is 0.191 e. The first-order chi connectivity index (χ1) is 8.76. The largest absolute Gasteiger partial charge is 0.357 e. The van der Waals surface area contributed by atoms with Crippen LogP contribution in [0.2, 0.25) is 0 Å². The lowest BCUT2D eigenvalue weighted by Gasteiger charge is -2.25. The molecule has 1 atom stereocenters. The van der Waals surface area contributed by atoms with Gasteiger partial charge in [-0.3, -0.25) is 4.99 Å². The fraction of sp³-hybridized carbons (Fsp3) is 0.929. The normalized spacial score (nSPS) is 19.6. The fourth-order valence-electron chi connectivity index (χ4n) is 2.14. The van der Waals surface area contributed by atoms with Crippen molar-refractivity contribution in [2.24, 2.45) is 4.99 Å². The molecule has 0 aromatic carbocycles. The van der Waals surface area contributed by atoms with Crippen LogP contribution in [0.15, 0.2) is 4.99 Å². The van der Waals surface area contributed by atoms with Gasteiger partial charge >= 0.3 is 0 Å². The summed E-state index contributed by atoms with van der Waals surface area (Å²) in [6.45, 7) is 11.9. The third-order valence-corrected chi connectivity index (χ3v) is 3.47. The highest BCUT2D eigenvalue weighted by atomic mass is 15.2. The lowest BCUT2D eigenvalue weighted by Crippen LogP contribution is -2.42. The van der Waals surface area contributed by atoms with E-state index in [4.69, 9.17) is 0 Å². The van der Waals surface area contributed by atoms with Gasteiger partial charge in [0.1, 0.15) is 0 Å². The van der Waals surface area contributed by atoms with E-state index in [0.29, 0.717) is 6.04 Å². The van der Waals surface area contributed by atoms with Gasteiger partial charge in [0, 0.05) is 19.1 Å². The average molecular weight is 254 g/mol. The summed E-state index contributed by atoms with van der Waals surface area (Å²) in [5.74, 6) is 0.962. The van der Waals surface area contributed by atoms with Crippen LogP contribution >= 0.6 is 0 Å². The van der Waals surface area contributed by atoms with Gasteiger partial charge in [0.2, 0.25) is 0 Å². The number of hydrogen-bond donors (Lipinski definition) is 2. The van der Waals surface area contributed by atoms with E-state index in [-0.39, 0.29) is 0 Å². The van der Waals surface area contributed by atoms with E-state index in [2.05, 4.69) is 41.3 Å². The smallest absolute Gasteiger partial charge is 0.191 e. The van der Waals surface area contributed by atoms with E-state index in [1.165, 1.54) is 32.4 Å². The first kappa shape index (κ1) is 15.3. The van der Waals surface area contributed by atoms with Gasteiger partial charge in [-0.05, 0) is 46.2 Å². The minimum absolute atomic E-state index is 0.484. The summed E-state index contributed by atoms with van der Waals surface area (Å²) in [7, 11) is 0. The molecule has 0 aliphatic carbocycles. The van der Waals surface area contributed by atoms with Crippen molar-refractivity contribution in [1.29, 1.82) is 0 Å². The maximum atomic E-state index is 4.65. The molecule has 0 saturated carbocycles. The van der Waals surface area contributed by atoms with Crippen LogP contribution in [0.5, 0.6) is 0 Å². The van der Waals surface area contributed by atoms with Crippen molar-refractivity contribution in [2.45, 2.75) is 52.5 Å². The molecule has 0 spiro atoms. The van der Waals surface area contributed by atoms with E-state index >= 15 is 0 Å². The van der Waals surface area contributed by atoms with Crippen LogP contribution < -0.4 is 10.6 Å². The number of nitrogens with one attached hydrogen (secondary N) is 2. The Labute approximate surface area is 112 Å². The van der Waals surface area contributed by atoms with E-state index < -0.39 is 0 Å². The van der Waals surface area contributed by atoms with Gasteiger partial charge in [0.05, 0.1) is 6.54 Å². The van der Waals surface area contributed by atoms with Gasteiger partial charge in [0.15, 0.2) is 5.96 Å². The molecule has 1 rings (SSSR count). The Kier molecular flexibility index (Phi) is 7.81. The van der Waals surface area contributed by atoms with Crippen LogP contribution in [0, 0.1) is 0 Å².